The van der Waals surface area contributed by atoms with Gasteiger partial charge in [0.05, 0.1) is 24.7 Å². The number of fused-ring (bicyclic) bond motifs is 1. The number of morpholine rings is 1. The minimum Gasteiger partial charge on any atom is -0.391 e. The average Bonchev–Trinajstić information content (AvgIpc) is 3.38. The van der Waals surface area contributed by atoms with Crippen molar-refractivity contribution in [3.8, 4) is 10.4 Å². The fraction of sp³-hybridized carbons (Fsp3) is 0.500. The van der Waals surface area contributed by atoms with Crippen LogP contribution in [0.4, 0.5) is 5.82 Å². The summed E-state index contributed by atoms with van der Waals surface area (Å²) in [6, 6.07) is 4.25. The molecule has 2 aliphatic rings. The molecule has 0 saturated carbocycles. The standard InChI is InChI=1S/C20H24N4O2S2/c25-14-3-1-5-24(11-14)19-18-15(16-4-2-10-27-16)13-28-20(18)22-17(21-19)12-23-6-8-26-9-7-23/h2,4,10,13-14,25H,1,3,5-9,11-12H2/p+1/t14-/m0/s1. The highest BCUT2D eigenvalue weighted by Crippen LogP contribution is 2.40. The van der Waals surface area contributed by atoms with Gasteiger partial charge in [-0.2, -0.15) is 0 Å². The Morgan fingerprint density at radius 3 is 2.93 bits per heavy atom. The zero-order valence-corrected chi connectivity index (χ0v) is 17.4. The molecule has 28 heavy (non-hydrogen) atoms. The normalized spacial score (nSPS) is 21.5. The van der Waals surface area contributed by atoms with Gasteiger partial charge in [-0.3, -0.25) is 0 Å². The minimum atomic E-state index is -0.282. The van der Waals surface area contributed by atoms with Crippen molar-refractivity contribution in [2.75, 3.05) is 44.3 Å². The molecule has 2 saturated heterocycles. The number of aliphatic hydroxyl groups excluding tert-OH is 1. The number of hydrogen-bond acceptors (Lipinski definition) is 7. The lowest BCUT2D eigenvalue weighted by molar-refractivity contribution is -0.922. The number of thiophene rings is 2. The third kappa shape index (κ3) is 3.67. The topological polar surface area (TPSA) is 62.9 Å². The molecule has 5 heterocycles. The third-order valence-corrected chi connectivity index (χ3v) is 7.33. The first-order valence-electron chi connectivity index (χ1n) is 9.94. The molecule has 0 radical (unpaired) electrons. The summed E-state index contributed by atoms with van der Waals surface area (Å²) in [6.07, 6.45) is 1.59. The van der Waals surface area contributed by atoms with Gasteiger partial charge in [-0.15, -0.1) is 22.7 Å². The number of piperidine rings is 1. The van der Waals surface area contributed by atoms with E-state index in [1.165, 1.54) is 15.3 Å². The van der Waals surface area contributed by atoms with Crippen LogP contribution in [0.3, 0.4) is 0 Å². The van der Waals surface area contributed by atoms with Gasteiger partial charge in [0.15, 0.2) is 5.82 Å². The molecule has 0 aliphatic carbocycles. The summed E-state index contributed by atoms with van der Waals surface area (Å²) in [5, 5.41) is 15.7. The smallest absolute Gasteiger partial charge is 0.187 e. The number of β-amino-alcohol motifs (C(OH)–C–C–N with tert-alkyl or cyclic N) is 1. The summed E-state index contributed by atoms with van der Waals surface area (Å²) in [5.41, 5.74) is 1.22. The summed E-state index contributed by atoms with van der Waals surface area (Å²) in [5.74, 6) is 1.90. The van der Waals surface area contributed by atoms with Crippen molar-refractivity contribution < 1.29 is 14.7 Å². The van der Waals surface area contributed by atoms with E-state index in [0.717, 1.165) is 74.1 Å². The fourth-order valence-corrected chi connectivity index (χ4v) is 5.87. The number of aliphatic hydroxyl groups is 1. The van der Waals surface area contributed by atoms with Crippen LogP contribution in [0.1, 0.15) is 18.7 Å². The molecule has 0 spiro atoms. The van der Waals surface area contributed by atoms with Crippen molar-refractivity contribution in [3.05, 3.63) is 28.7 Å². The van der Waals surface area contributed by atoms with E-state index in [0.29, 0.717) is 6.54 Å². The predicted molar refractivity (Wildman–Crippen MR) is 113 cm³/mol. The first-order chi connectivity index (χ1) is 13.8. The second-order valence-electron chi connectivity index (χ2n) is 7.55. The minimum absolute atomic E-state index is 0.282. The van der Waals surface area contributed by atoms with Gasteiger partial charge in [0.2, 0.25) is 0 Å². The second-order valence-corrected chi connectivity index (χ2v) is 9.36. The van der Waals surface area contributed by atoms with E-state index in [-0.39, 0.29) is 6.10 Å². The summed E-state index contributed by atoms with van der Waals surface area (Å²) in [4.78, 5) is 16.0. The molecule has 2 aliphatic heterocycles. The molecule has 0 unspecified atom stereocenters. The average molecular weight is 418 g/mol. The van der Waals surface area contributed by atoms with Gasteiger partial charge in [0.1, 0.15) is 30.3 Å². The van der Waals surface area contributed by atoms with Gasteiger partial charge < -0.3 is 19.6 Å². The summed E-state index contributed by atoms with van der Waals surface area (Å²) < 4.78 is 5.49. The van der Waals surface area contributed by atoms with Gasteiger partial charge in [-0.25, -0.2) is 9.97 Å². The number of rotatable bonds is 4. The Kier molecular flexibility index (Phi) is 5.30. The Hall–Kier alpha value is -1.58. The van der Waals surface area contributed by atoms with E-state index in [4.69, 9.17) is 14.7 Å². The molecule has 8 heteroatoms. The van der Waals surface area contributed by atoms with Crippen molar-refractivity contribution in [1.29, 1.82) is 0 Å². The molecule has 3 aromatic rings. The fourth-order valence-electron chi connectivity index (χ4n) is 4.10. The second kappa shape index (κ2) is 8.04. The van der Waals surface area contributed by atoms with E-state index in [1.54, 1.807) is 22.7 Å². The molecule has 0 amide bonds. The maximum Gasteiger partial charge on any atom is 0.187 e. The maximum absolute atomic E-state index is 10.2. The lowest BCUT2D eigenvalue weighted by Gasteiger charge is -2.32. The SMILES string of the molecule is O[C@H]1CCCN(c2nc(C[NH+]3CCOCC3)nc3scc(-c4cccs4)c23)C1. The first-order valence-corrected chi connectivity index (χ1v) is 11.7. The number of quaternary nitrogens is 1. The molecule has 2 fully saturated rings. The van der Waals surface area contributed by atoms with E-state index >= 15 is 0 Å². The highest BCUT2D eigenvalue weighted by Gasteiger charge is 2.26. The monoisotopic (exact) mass is 417 g/mol. The number of aromatic nitrogens is 2. The molecule has 1 atom stereocenters. The highest BCUT2D eigenvalue weighted by atomic mass is 32.1. The van der Waals surface area contributed by atoms with Crippen LogP contribution in [0.5, 0.6) is 0 Å². The molecule has 5 rings (SSSR count). The summed E-state index contributed by atoms with van der Waals surface area (Å²) in [7, 11) is 0. The Balaban J connectivity index is 1.58. The van der Waals surface area contributed by atoms with E-state index in [9.17, 15) is 5.11 Å². The van der Waals surface area contributed by atoms with Gasteiger partial charge in [0.25, 0.3) is 0 Å². The molecule has 0 bridgehead atoms. The largest absolute Gasteiger partial charge is 0.391 e. The van der Waals surface area contributed by atoms with Crippen LogP contribution in [0.2, 0.25) is 0 Å². The van der Waals surface area contributed by atoms with Crippen molar-refractivity contribution >= 4 is 38.7 Å². The van der Waals surface area contributed by atoms with Gasteiger partial charge >= 0.3 is 0 Å². The van der Waals surface area contributed by atoms with Crippen LogP contribution >= 0.6 is 22.7 Å². The van der Waals surface area contributed by atoms with Gasteiger partial charge in [-0.05, 0) is 24.3 Å². The van der Waals surface area contributed by atoms with E-state index in [1.807, 2.05) is 0 Å². The number of nitrogens with one attached hydrogen (secondary N) is 1. The quantitative estimate of drug-likeness (QED) is 0.678. The Morgan fingerprint density at radius 2 is 2.14 bits per heavy atom. The zero-order valence-electron chi connectivity index (χ0n) is 15.8. The first kappa shape index (κ1) is 18.4. The molecule has 0 aromatic carbocycles. The Labute approximate surface area is 172 Å². The Morgan fingerprint density at radius 1 is 1.25 bits per heavy atom. The van der Waals surface area contributed by atoms with E-state index < -0.39 is 0 Å². The lowest BCUT2D eigenvalue weighted by Crippen LogP contribution is -3.12. The van der Waals surface area contributed by atoms with Crippen LogP contribution in [-0.2, 0) is 11.3 Å². The number of ether oxygens (including phenoxy) is 1. The zero-order chi connectivity index (χ0) is 18.9. The molecule has 3 aromatic heterocycles. The maximum atomic E-state index is 10.2. The molecular weight excluding hydrogens is 392 g/mol. The van der Waals surface area contributed by atoms with Crippen molar-refractivity contribution in [3.63, 3.8) is 0 Å². The lowest BCUT2D eigenvalue weighted by atomic mass is 10.1. The number of anilines is 1. The molecule has 6 nitrogen and oxygen atoms in total. The van der Waals surface area contributed by atoms with Gasteiger partial charge in [0, 0.05) is 28.9 Å². The number of nitrogens with zero attached hydrogens (tertiary/aromatic N) is 3. The van der Waals surface area contributed by atoms with Crippen LogP contribution in [0.25, 0.3) is 20.7 Å². The molecule has 148 valence electrons. The van der Waals surface area contributed by atoms with Crippen LogP contribution < -0.4 is 9.80 Å². The van der Waals surface area contributed by atoms with Crippen molar-refractivity contribution in [2.45, 2.75) is 25.5 Å². The van der Waals surface area contributed by atoms with Crippen LogP contribution in [0.15, 0.2) is 22.9 Å². The summed E-state index contributed by atoms with van der Waals surface area (Å²) >= 11 is 3.45. The summed E-state index contributed by atoms with van der Waals surface area (Å²) in [6.45, 7) is 6.04. The van der Waals surface area contributed by atoms with Gasteiger partial charge in [-0.1, -0.05) is 6.07 Å². The van der Waals surface area contributed by atoms with E-state index in [2.05, 4.69) is 27.8 Å². The molecular formula is C20H25N4O2S2+. The van der Waals surface area contributed by atoms with Crippen molar-refractivity contribution in [1.82, 2.24) is 9.97 Å². The van der Waals surface area contributed by atoms with Crippen LogP contribution in [-0.4, -0.2) is 60.6 Å². The van der Waals surface area contributed by atoms with Crippen LogP contribution in [0, 0.1) is 0 Å². The molecule has 2 N–H and O–H groups in total. The predicted octanol–water partition coefficient (Wildman–Crippen LogP) is 1.80. The van der Waals surface area contributed by atoms with Crippen molar-refractivity contribution in [2.24, 2.45) is 0 Å². The highest BCUT2D eigenvalue weighted by molar-refractivity contribution is 7.18. The Bertz CT molecular complexity index is 937. The third-order valence-electron chi connectivity index (χ3n) is 5.55. The number of hydrogen-bond donors (Lipinski definition) is 2.